The van der Waals surface area contributed by atoms with Crippen LogP contribution in [0.2, 0.25) is 0 Å². The van der Waals surface area contributed by atoms with E-state index >= 15 is 4.39 Å². The predicted molar refractivity (Wildman–Crippen MR) is 178 cm³/mol. The number of aromatic amines is 2. The number of piperazine rings is 1. The van der Waals surface area contributed by atoms with E-state index in [1.165, 1.54) is 0 Å². The number of aliphatic hydroxyl groups excluding tert-OH is 1. The lowest BCUT2D eigenvalue weighted by atomic mass is 9.92. The molecule has 1 amide bonds. The number of nitrogens with zero attached hydrogens (tertiary/aromatic N) is 7. The molecule has 0 bridgehead atoms. The molecule has 0 spiro atoms. The lowest BCUT2D eigenvalue weighted by Crippen LogP contribution is -2.49. The van der Waals surface area contributed by atoms with Gasteiger partial charge in [-0.3, -0.25) is 19.5 Å². The highest BCUT2D eigenvalue weighted by molar-refractivity contribution is 6.05. The summed E-state index contributed by atoms with van der Waals surface area (Å²) < 4.78 is 29.4. The first kappa shape index (κ1) is 31.4. The van der Waals surface area contributed by atoms with E-state index < -0.39 is 12.0 Å². The maximum absolute atomic E-state index is 16.6. The molecule has 14 heteroatoms. The van der Waals surface area contributed by atoms with Crippen molar-refractivity contribution in [2.24, 2.45) is 0 Å². The Morgan fingerprint density at radius 1 is 1.04 bits per heavy atom. The monoisotopic (exact) mass is 655 g/mol. The van der Waals surface area contributed by atoms with Crippen LogP contribution >= 0.6 is 0 Å². The molecule has 1 fully saturated rings. The van der Waals surface area contributed by atoms with Gasteiger partial charge >= 0.3 is 0 Å². The molecule has 13 nitrogen and oxygen atoms in total. The van der Waals surface area contributed by atoms with Crippen molar-refractivity contribution in [1.29, 1.82) is 0 Å². The molecule has 0 saturated carbocycles. The maximum atomic E-state index is 16.6. The van der Waals surface area contributed by atoms with Crippen LogP contribution in [0, 0.1) is 5.82 Å². The van der Waals surface area contributed by atoms with Gasteiger partial charge in [-0.2, -0.15) is 5.10 Å². The van der Waals surface area contributed by atoms with Gasteiger partial charge in [0.25, 0.3) is 5.91 Å². The topological polar surface area (TPSA) is 141 Å². The van der Waals surface area contributed by atoms with Crippen LogP contribution in [0.5, 0.6) is 11.5 Å². The van der Waals surface area contributed by atoms with Crippen LogP contribution < -0.4 is 14.4 Å². The van der Waals surface area contributed by atoms with Crippen molar-refractivity contribution in [2.75, 3.05) is 58.4 Å². The van der Waals surface area contributed by atoms with Gasteiger partial charge in [0.05, 0.1) is 32.1 Å². The number of halogens is 1. The third kappa shape index (κ3) is 6.00. The number of carbonyl (C=O) groups excluding carboxylic acids is 1. The molecule has 2 aliphatic heterocycles. The molecule has 3 N–H and O–H groups in total. The molecule has 1 atom stereocenters. The minimum atomic E-state index is -0.733. The van der Waals surface area contributed by atoms with E-state index in [2.05, 4.69) is 30.4 Å². The van der Waals surface area contributed by atoms with Crippen LogP contribution in [0.3, 0.4) is 0 Å². The number of nitrogens with one attached hydrogen (secondary N) is 2. The molecular formula is C34H38FN9O4. The van der Waals surface area contributed by atoms with Gasteiger partial charge in [0.2, 0.25) is 0 Å². The second-order valence-corrected chi connectivity index (χ2v) is 11.9. The fourth-order valence-electron chi connectivity index (χ4n) is 6.65. The standard InChI is InChI=1S/C34H38FN9O4/c1-47-28-8-4-3-7-23(28)25-18-24(22-6-5-11-43(21-22)30(45)9-12-44-13-10-36-40-44)31(35)32-26(25)19-27(38-32)34(46)42-16-14-41(15-17-42)33-29(48-2)20-37-39-33/h3-4,6-8,10,13,18-20,30,38,45H,5,9,11-12,14-17,21H2,1-2H3,(H,37,39). The number of H-pyrrole nitrogens is 2. The van der Waals surface area contributed by atoms with Crippen molar-refractivity contribution < 1.29 is 23.8 Å². The number of hydrogen-bond acceptors (Lipinski definition) is 9. The second-order valence-electron chi connectivity index (χ2n) is 11.9. The van der Waals surface area contributed by atoms with E-state index in [1.807, 2.05) is 41.3 Å². The molecule has 5 aromatic rings. The van der Waals surface area contributed by atoms with Crippen LogP contribution in [0.4, 0.5) is 10.2 Å². The minimum Gasteiger partial charge on any atom is -0.496 e. The fraction of sp³-hybridized carbons (Fsp3) is 0.353. The number of amides is 1. The van der Waals surface area contributed by atoms with Gasteiger partial charge < -0.3 is 29.4 Å². The Bertz CT molecular complexity index is 1930. The maximum Gasteiger partial charge on any atom is 0.270 e. The van der Waals surface area contributed by atoms with Gasteiger partial charge in [-0.05, 0) is 35.8 Å². The number of aliphatic hydroxyl groups is 1. The van der Waals surface area contributed by atoms with E-state index in [9.17, 15) is 9.90 Å². The summed E-state index contributed by atoms with van der Waals surface area (Å²) in [6, 6.07) is 11.2. The van der Waals surface area contributed by atoms with Crippen molar-refractivity contribution in [1.82, 2.24) is 40.0 Å². The Kier molecular flexibility index (Phi) is 8.82. The number of ether oxygens (including phenoxy) is 2. The fourth-order valence-corrected chi connectivity index (χ4v) is 6.65. The lowest BCUT2D eigenvalue weighted by molar-refractivity contribution is 0.00202. The minimum absolute atomic E-state index is 0.201. The van der Waals surface area contributed by atoms with Gasteiger partial charge in [0.1, 0.15) is 17.7 Å². The average molecular weight is 656 g/mol. The van der Waals surface area contributed by atoms with Crippen LogP contribution in [0.25, 0.3) is 27.6 Å². The van der Waals surface area contributed by atoms with Crippen molar-refractivity contribution in [3.05, 3.63) is 78.1 Å². The van der Waals surface area contributed by atoms with E-state index in [4.69, 9.17) is 9.47 Å². The summed E-state index contributed by atoms with van der Waals surface area (Å²) in [6.45, 7) is 3.66. The Morgan fingerprint density at radius 2 is 1.85 bits per heavy atom. The summed E-state index contributed by atoms with van der Waals surface area (Å²) >= 11 is 0. The molecule has 7 rings (SSSR count). The Labute approximate surface area is 276 Å². The Hall–Kier alpha value is -5.21. The molecular weight excluding hydrogens is 617 g/mol. The summed E-state index contributed by atoms with van der Waals surface area (Å²) in [4.78, 5) is 22.8. The van der Waals surface area contributed by atoms with Gasteiger partial charge in [-0.15, -0.1) is 5.10 Å². The summed E-state index contributed by atoms with van der Waals surface area (Å²) in [5.74, 6) is 1.43. The van der Waals surface area contributed by atoms with E-state index in [-0.39, 0.29) is 11.4 Å². The summed E-state index contributed by atoms with van der Waals surface area (Å²) in [7, 11) is 3.20. The quantitative estimate of drug-likeness (QED) is 0.205. The molecule has 2 aliphatic rings. The average Bonchev–Trinajstić information content (AvgIpc) is 3.92. The van der Waals surface area contributed by atoms with Gasteiger partial charge in [-0.1, -0.05) is 29.5 Å². The molecule has 5 heterocycles. The number of hydrogen-bond donors (Lipinski definition) is 3. The molecule has 1 unspecified atom stereocenters. The SMILES string of the molecule is COc1ccccc1-c1cc(C2=CCCN(C(O)CCn3ccnn3)C2)c(F)c2[nH]c(C(=O)N3CCN(c4[nH]ncc4OC)CC3)cc12. The van der Waals surface area contributed by atoms with Crippen LogP contribution in [0.15, 0.2) is 61.1 Å². The number of benzene rings is 2. The van der Waals surface area contributed by atoms with Crippen LogP contribution in [-0.2, 0) is 6.54 Å². The highest BCUT2D eigenvalue weighted by Crippen LogP contribution is 2.40. The number of aryl methyl sites for hydroxylation is 1. The molecule has 0 radical (unpaired) electrons. The smallest absolute Gasteiger partial charge is 0.270 e. The number of fused-ring (bicyclic) bond motifs is 1. The molecule has 3 aromatic heterocycles. The number of anilines is 1. The van der Waals surface area contributed by atoms with Crippen LogP contribution in [-0.4, -0.2) is 111 Å². The molecule has 1 saturated heterocycles. The second kappa shape index (κ2) is 13.5. The van der Waals surface area contributed by atoms with Crippen molar-refractivity contribution in [3.63, 3.8) is 0 Å². The lowest BCUT2D eigenvalue weighted by Gasteiger charge is -2.35. The van der Waals surface area contributed by atoms with E-state index in [1.54, 1.807) is 48.5 Å². The first-order valence-corrected chi connectivity index (χ1v) is 16.0. The largest absolute Gasteiger partial charge is 0.496 e. The van der Waals surface area contributed by atoms with Crippen molar-refractivity contribution >= 4 is 28.2 Å². The van der Waals surface area contributed by atoms with Gasteiger partial charge in [0.15, 0.2) is 17.4 Å². The normalized spacial score (nSPS) is 16.3. The zero-order chi connectivity index (χ0) is 33.2. The summed E-state index contributed by atoms with van der Waals surface area (Å²) in [6.07, 6.45) is 7.39. The number of para-hydroxylation sites is 1. The molecule has 2 aromatic carbocycles. The first-order chi connectivity index (χ1) is 23.4. The highest BCUT2D eigenvalue weighted by atomic mass is 19.1. The number of carbonyl (C=O) groups is 1. The molecule has 250 valence electrons. The molecule has 48 heavy (non-hydrogen) atoms. The highest BCUT2D eigenvalue weighted by Gasteiger charge is 2.29. The zero-order valence-corrected chi connectivity index (χ0v) is 26.9. The van der Waals surface area contributed by atoms with Crippen molar-refractivity contribution in [3.8, 4) is 22.6 Å². The van der Waals surface area contributed by atoms with Gasteiger partial charge in [-0.25, -0.2) is 4.39 Å². The summed E-state index contributed by atoms with van der Waals surface area (Å²) in [5.41, 5.74) is 3.28. The van der Waals surface area contributed by atoms with Crippen molar-refractivity contribution in [2.45, 2.75) is 25.6 Å². The van der Waals surface area contributed by atoms with E-state index in [0.717, 1.165) is 22.5 Å². The predicted octanol–water partition coefficient (Wildman–Crippen LogP) is 3.77. The number of rotatable bonds is 10. The third-order valence-corrected chi connectivity index (χ3v) is 9.20. The van der Waals surface area contributed by atoms with Gasteiger partial charge in [0, 0.05) is 74.9 Å². The number of aromatic nitrogens is 6. The van der Waals surface area contributed by atoms with Crippen LogP contribution in [0.1, 0.15) is 28.9 Å². The zero-order valence-electron chi connectivity index (χ0n) is 26.9. The van der Waals surface area contributed by atoms with E-state index in [0.29, 0.717) is 86.8 Å². The first-order valence-electron chi connectivity index (χ1n) is 16.0. The summed E-state index contributed by atoms with van der Waals surface area (Å²) in [5, 5.41) is 26.5. The molecule has 0 aliphatic carbocycles. The Balaban J connectivity index is 1.19. The Morgan fingerprint density at radius 3 is 2.62 bits per heavy atom. The number of methoxy groups -OCH3 is 2. The third-order valence-electron chi connectivity index (χ3n) is 9.20.